The first kappa shape index (κ1) is 13.4. The van der Waals surface area contributed by atoms with Gasteiger partial charge in [-0.25, -0.2) is 9.97 Å². The summed E-state index contributed by atoms with van der Waals surface area (Å²) < 4.78 is 0. The lowest BCUT2D eigenvalue weighted by atomic mass is 10.0. The molecule has 0 radical (unpaired) electrons. The Balaban J connectivity index is 2.24. The van der Waals surface area contributed by atoms with Crippen molar-refractivity contribution in [2.45, 2.75) is 33.1 Å². The van der Waals surface area contributed by atoms with Gasteiger partial charge in [0.15, 0.2) is 11.6 Å². The van der Waals surface area contributed by atoms with E-state index in [-0.39, 0.29) is 5.78 Å². The highest BCUT2D eigenvalue weighted by molar-refractivity contribution is 5.92. The van der Waals surface area contributed by atoms with Crippen molar-refractivity contribution < 1.29 is 4.79 Å². The number of aromatic nitrogens is 2. The molecule has 98 valence electrons. The molecule has 2 rings (SSSR count). The molecule has 0 bridgehead atoms. The second-order valence-electron chi connectivity index (χ2n) is 4.52. The molecule has 0 amide bonds. The number of ketones is 1. The van der Waals surface area contributed by atoms with E-state index >= 15 is 0 Å². The van der Waals surface area contributed by atoms with Crippen molar-refractivity contribution in [2.75, 3.05) is 0 Å². The number of rotatable bonds is 5. The average Bonchev–Trinajstić information content (AvgIpc) is 2.48. The van der Waals surface area contributed by atoms with Gasteiger partial charge < -0.3 is 0 Å². The van der Waals surface area contributed by atoms with Gasteiger partial charge in [0.25, 0.3) is 0 Å². The topological polar surface area (TPSA) is 42.9 Å². The van der Waals surface area contributed by atoms with Crippen LogP contribution in [0.25, 0.3) is 11.1 Å². The number of hydrogen-bond acceptors (Lipinski definition) is 3. The Morgan fingerprint density at radius 1 is 1.11 bits per heavy atom. The lowest BCUT2D eigenvalue weighted by Gasteiger charge is -2.04. The molecule has 1 aromatic carbocycles. The zero-order chi connectivity index (χ0) is 13.7. The molecule has 0 spiro atoms. The quantitative estimate of drug-likeness (QED) is 0.764. The Morgan fingerprint density at radius 2 is 1.84 bits per heavy atom. The molecular weight excluding hydrogens is 236 g/mol. The second kappa shape index (κ2) is 6.23. The van der Waals surface area contributed by atoms with E-state index in [0.29, 0.717) is 12.2 Å². The maximum absolute atomic E-state index is 11.7. The van der Waals surface area contributed by atoms with E-state index in [1.807, 2.05) is 19.1 Å². The molecule has 0 unspecified atom stereocenters. The lowest BCUT2D eigenvalue weighted by Crippen LogP contribution is -2.04. The Kier molecular flexibility index (Phi) is 4.39. The van der Waals surface area contributed by atoms with Crippen LogP contribution in [0.4, 0.5) is 0 Å². The van der Waals surface area contributed by atoms with Crippen LogP contribution < -0.4 is 0 Å². The van der Waals surface area contributed by atoms with Crippen molar-refractivity contribution in [1.29, 1.82) is 0 Å². The van der Waals surface area contributed by atoms with Crippen molar-refractivity contribution in [3.8, 4) is 11.1 Å². The van der Waals surface area contributed by atoms with Crippen molar-refractivity contribution in [1.82, 2.24) is 9.97 Å². The smallest absolute Gasteiger partial charge is 0.200 e. The largest absolute Gasteiger partial charge is 0.291 e. The molecule has 0 saturated carbocycles. The first-order valence-corrected chi connectivity index (χ1v) is 6.69. The Labute approximate surface area is 113 Å². The monoisotopic (exact) mass is 254 g/mol. The molecule has 0 aliphatic carbocycles. The number of benzene rings is 1. The number of carbonyl (C=O) groups excluding carboxylic acids is 1. The molecule has 0 N–H and O–H groups in total. The first-order valence-electron chi connectivity index (χ1n) is 6.69. The van der Waals surface area contributed by atoms with Gasteiger partial charge in [0.1, 0.15) is 0 Å². The van der Waals surface area contributed by atoms with Crippen LogP contribution in [-0.2, 0) is 6.42 Å². The van der Waals surface area contributed by atoms with Crippen LogP contribution in [0.3, 0.4) is 0 Å². The molecule has 0 fully saturated rings. The first-order chi connectivity index (χ1) is 9.24. The predicted octanol–water partition coefficient (Wildman–Crippen LogP) is 3.69. The van der Waals surface area contributed by atoms with Crippen LogP contribution in [0.5, 0.6) is 0 Å². The van der Waals surface area contributed by atoms with E-state index in [4.69, 9.17) is 0 Å². The van der Waals surface area contributed by atoms with Crippen LogP contribution in [0, 0.1) is 0 Å². The third kappa shape index (κ3) is 3.25. The van der Waals surface area contributed by atoms with Crippen LogP contribution in [0.1, 0.15) is 42.9 Å². The minimum atomic E-state index is 0.0105. The number of hydrogen-bond donors (Lipinski definition) is 0. The van der Waals surface area contributed by atoms with Crippen molar-refractivity contribution in [3.05, 3.63) is 48.0 Å². The molecule has 0 saturated heterocycles. The van der Waals surface area contributed by atoms with E-state index in [0.717, 1.165) is 24.0 Å². The van der Waals surface area contributed by atoms with Crippen LogP contribution >= 0.6 is 0 Å². The molecule has 3 heteroatoms. The molecule has 0 atom stereocenters. The highest BCUT2D eigenvalue weighted by Crippen LogP contribution is 2.19. The molecule has 19 heavy (non-hydrogen) atoms. The summed E-state index contributed by atoms with van der Waals surface area (Å²) in [4.78, 5) is 20.0. The third-order valence-corrected chi connectivity index (χ3v) is 3.05. The van der Waals surface area contributed by atoms with E-state index in [2.05, 4.69) is 29.0 Å². The average molecular weight is 254 g/mol. The van der Waals surface area contributed by atoms with Crippen LogP contribution in [0.15, 0.2) is 36.7 Å². The minimum Gasteiger partial charge on any atom is -0.291 e. The molecular formula is C16H18N2O. The van der Waals surface area contributed by atoms with E-state index in [1.54, 1.807) is 12.4 Å². The van der Waals surface area contributed by atoms with Crippen molar-refractivity contribution in [3.63, 3.8) is 0 Å². The Morgan fingerprint density at radius 3 is 2.47 bits per heavy atom. The van der Waals surface area contributed by atoms with Crippen molar-refractivity contribution >= 4 is 5.78 Å². The lowest BCUT2D eigenvalue weighted by molar-refractivity contribution is 0.0971. The third-order valence-electron chi connectivity index (χ3n) is 3.05. The summed E-state index contributed by atoms with van der Waals surface area (Å²) in [5.41, 5.74) is 3.32. The fourth-order valence-electron chi connectivity index (χ4n) is 1.93. The fourth-order valence-corrected chi connectivity index (χ4v) is 1.93. The van der Waals surface area contributed by atoms with E-state index in [9.17, 15) is 4.79 Å². The molecule has 1 heterocycles. The summed E-state index contributed by atoms with van der Waals surface area (Å²) in [5.74, 6) is 0.327. The van der Waals surface area contributed by atoms with Gasteiger partial charge in [-0.05, 0) is 24.0 Å². The molecule has 2 aromatic rings. The number of carbonyl (C=O) groups is 1. The van der Waals surface area contributed by atoms with Gasteiger partial charge in [-0.2, -0.15) is 0 Å². The maximum Gasteiger partial charge on any atom is 0.200 e. The molecule has 0 aliphatic heterocycles. The summed E-state index contributed by atoms with van der Waals surface area (Å²) in [5, 5.41) is 0. The summed E-state index contributed by atoms with van der Waals surface area (Å²) in [6.45, 7) is 4.10. The van der Waals surface area contributed by atoms with E-state index in [1.165, 1.54) is 5.56 Å². The highest BCUT2D eigenvalue weighted by atomic mass is 16.1. The molecule has 0 aliphatic rings. The van der Waals surface area contributed by atoms with Gasteiger partial charge in [-0.3, -0.25) is 4.79 Å². The standard InChI is InChI=1S/C16H18N2O/c1-3-6-15(19)16-17-10-14(11-18-16)13-8-5-7-12(4-2)9-13/h5,7-11H,3-4,6H2,1-2H3. The van der Waals surface area contributed by atoms with E-state index < -0.39 is 0 Å². The Bertz CT molecular complexity index is 561. The molecule has 3 nitrogen and oxygen atoms in total. The second-order valence-corrected chi connectivity index (χ2v) is 4.52. The van der Waals surface area contributed by atoms with Gasteiger partial charge >= 0.3 is 0 Å². The van der Waals surface area contributed by atoms with Gasteiger partial charge in [0.05, 0.1) is 0 Å². The summed E-state index contributed by atoms with van der Waals surface area (Å²) in [6.07, 6.45) is 5.78. The fraction of sp³-hybridized carbons (Fsp3) is 0.312. The van der Waals surface area contributed by atoms with Crippen LogP contribution in [0.2, 0.25) is 0 Å². The van der Waals surface area contributed by atoms with Gasteiger partial charge in [0.2, 0.25) is 0 Å². The van der Waals surface area contributed by atoms with Crippen LogP contribution in [-0.4, -0.2) is 15.8 Å². The number of aryl methyl sites for hydroxylation is 1. The Hall–Kier alpha value is -2.03. The number of nitrogens with zero attached hydrogens (tertiary/aromatic N) is 2. The molecule has 1 aromatic heterocycles. The summed E-state index contributed by atoms with van der Waals surface area (Å²) >= 11 is 0. The maximum atomic E-state index is 11.7. The SMILES string of the molecule is CCCC(=O)c1ncc(-c2cccc(CC)c2)cn1. The van der Waals surface area contributed by atoms with Gasteiger partial charge in [-0.1, -0.05) is 38.1 Å². The van der Waals surface area contributed by atoms with Gasteiger partial charge in [0, 0.05) is 24.4 Å². The summed E-state index contributed by atoms with van der Waals surface area (Å²) in [7, 11) is 0. The minimum absolute atomic E-state index is 0.0105. The highest BCUT2D eigenvalue weighted by Gasteiger charge is 2.08. The zero-order valence-corrected chi connectivity index (χ0v) is 11.4. The number of Topliss-reactive ketones (excluding diaryl/α,β-unsaturated/α-hetero) is 1. The van der Waals surface area contributed by atoms with Crippen molar-refractivity contribution in [2.24, 2.45) is 0 Å². The zero-order valence-electron chi connectivity index (χ0n) is 11.4. The predicted molar refractivity (Wildman–Crippen MR) is 76.1 cm³/mol. The normalized spacial score (nSPS) is 10.4. The van der Waals surface area contributed by atoms with Gasteiger partial charge in [-0.15, -0.1) is 0 Å². The summed E-state index contributed by atoms with van der Waals surface area (Å²) in [6, 6.07) is 8.30.